The fraction of sp³-hybridized carbons (Fsp3) is 0.611. The van der Waals surface area contributed by atoms with Gasteiger partial charge in [0.05, 0.1) is 15.7 Å². The summed E-state index contributed by atoms with van der Waals surface area (Å²) in [5.41, 5.74) is -1.62. The number of benzene rings is 1. The van der Waals surface area contributed by atoms with Crippen molar-refractivity contribution >= 4 is 15.9 Å². The Labute approximate surface area is 157 Å². The van der Waals surface area contributed by atoms with Crippen molar-refractivity contribution in [2.75, 3.05) is 0 Å². The van der Waals surface area contributed by atoms with E-state index in [4.69, 9.17) is 0 Å². The number of alkyl halides is 3. The van der Waals surface area contributed by atoms with E-state index in [1.807, 2.05) is 0 Å². The molecule has 0 unspecified atom stereocenters. The third-order valence-electron chi connectivity index (χ3n) is 4.87. The van der Waals surface area contributed by atoms with Crippen molar-refractivity contribution in [2.45, 2.75) is 74.4 Å². The maximum Gasteiger partial charge on any atom is 0.416 e. The minimum atomic E-state index is -4.61. The van der Waals surface area contributed by atoms with Crippen molar-refractivity contribution < 1.29 is 31.5 Å². The summed E-state index contributed by atoms with van der Waals surface area (Å²) in [5.74, 6) is 0. The number of nitrogens with zero attached hydrogens (tertiary/aromatic N) is 1. The molecule has 27 heavy (non-hydrogen) atoms. The van der Waals surface area contributed by atoms with Crippen molar-refractivity contribution in [3.8, 4) is 0 Å². The molecule has 0 bridgehead atoms. The Morgan fingerprint density at radius 3 is 2.11 bits per heavy atom. The molecule has 0 radical (unpaired) electrons. The lowest BCUT2D eigenvalue weighted by Crippen LogP contribution is -2.52. The molecule has 2 rings (SSSR count). The Morgan fingerprint density at radius 2 is 1.67 bits per heavy atom. The van der Waals surface area contributed by atoms with Crippen LogP contribution in [0.3, 0.4) is 0 Å². The normalized spacial score (nSPS) is 21.7. The molecule has 1 amide bonds. The molecule has 1 aromatic rings. The Kier molecular flexibility index (Phi) is 5.85. The van der Waals surface area contributed by atoms with Crippen LogP contribution in [0.25, 0.3) is 0 Å². The Morgan fingerprint density at radius 1 is 1.11 bits per heavy atom. The maximum absolute atomic E-state index is 12.9. The highest BCUT2D eigenvalue weighted by Gasteiger charge is 2.39. The fourth-order valence-electron chi connectivity index (χ4n) is 3.65. The number of sulfone groups is 1. The van der Waals surface area contributed by atoms with Crippen LogP contribution in [0.1, 0.15) is 52.0 Å². The molecule has 0 spiro atoms. The number of hydrogen-bond acceptors (Lipinski definition) is 3. The molecule has 0 atom stereocenters. The van der Waals surface area contributed by atoms with Gasteiger partial charge in [0.2, 0.25) is 0 Å². The average Bonchev–Trinajstić information content (AvgIpc) is 2.53. The molecule has 0 aromatic heterocycles. The molecule has 9 heteroatoms. The van der Waals surface area contributed by atoms with Gasteiger partial charge < -0.3 is 10.0 Å². The first-order valence-corrected chi connectivity index (χ1v) is 10.2. The molecule has 0 aliphatic heterocycles. The van der Waals surface area contributed by atoms with Gasteiger partial charge in [-0.1, -0.05) is 6.07 Å². The monoisotopic (exact) mass is 407 g/mol. The van der Waals surface area contributed by atoms with E-state index >= 15 is 0 Å². The third kappa shape index (κ3) is 4.75. The van der Waals surface area contributed by atoms with Crippen molar-refractivity contribution in [3.05, 3.63) is 29.8 Å². The molecular weight excluding hydrogens is 383 g/mol. The Hall–Kier alpha value is -1.77. The molecule has 5 nitrogen and oxygen atoms in total. The standard InChI is InChI=1S/C18H24F3NO4S/c1-17(2,3)22(16(23)24)13-7-9-14(10-8-13)27(25,26)15-6-4-5-12(11-15)18(19,20)21/h4-6,11,13-14H,7-10H2,1-3H3,(H,23,24). The molecule has 0 saturated heterocycles. The van der Waals surface area contributed by atoms with E-state index in [1.54, 1.807) is 20.8 Å². The van der Waals surface area contributed by atoms with E-state index in [0.29, 0.717) is 18.9 Å². The second-order valence-electron chi connectivity index (χ2n) is 7.82. The number of rotatable bonds is 3. The number of carboxylic acid groups (broad SMARTS) is 1. The van der Waals surface area contributed by atoms with Gasteiger partial charge in [-0.15, -0.1) is 0 Å². The van der Waals surface area contributed by atoms with Gasteiger partial charge >= 0.3 is 12.3 Å². The zero-order valence-corrected chi connectivity index (χ0v) is 16.3. The summed E-state index contributed by atoms with van der Waals surface area (Å²) in [6, 6.07) is 3.46. The Bertz CT molecular complexity index is 792. The predicted molar refractivity (Wildman–Crippen MR) is 94.3 cm³/mol. The van der Waals surface area contributed by atoms with Crippen LogP contribution in [0.5, 0.6) is 0 Å². The van der Waals surface area contributed by atoms with Crippen LogP contribution in [0.4, 0.5) is 18.0 Å². The first kappa shape index (κ1) is 21.5. The van der Waals surface area contributed by atoms with E-state index in [0.717, 1.165) is 12.1 Å². The molecule has 152 valence electrons. The lowest BCUT2D eigenvalue weighted by atomic mass is 9.91. The zero-order chi connectivity index (χ0) is 20.6. The second-order valence-corrected chi connectivity index (χ2v) is 10.1. The summed E-state index contributed by atoms with van der Waals surface area (Å²) in [7, 11) is -3.92. The van der Waals surface area contributed by atoms with Gasteiger partial charge in [0.15, 0.2) is 9.84 Å². The molecule has 1 aliphatic rings. The summed E-state index contributed by atoms with van der Waals surface area (Å²) in [5, 5.41) is 8.66. The minimum Gasteiger partial charge on any atom is -0.465 e. The first-order chi connectivity index (χ1) is 12.2. The van der Waals surface area contributed by atoms with Gasteiger partial charge in [0.25, 0.3) is 0 Å². The quantitative estimate of drug-likeness (QED) is 0.797. The second kappa shape index (κ2) is 7.33. The van der Waals surface area contributed by atoms with E-state index in [9.17, 15) is 31.5 Å². The van der Waals surface area contributed by atoms with Gasteiger partial charge in [0, 0.05) is 11.6 Å². The van der Waals surface area contributed by atoms with Crippen molar-refractivity contribution in [2.24, 2.45) is 0 Å². The molecule has 0 heterocycles. The number of hydrogen-bond donors (Lipinski definition) is 1. The SMILES string of the molecule is CC(C)(C)N(C(=O)O)C1CCC(S(=O)(=O)c2cccc(C(F)(F)F)c2)CC1. The highest BCUT2D eigenvalue weighted by molar-refractivity contribution is 7.92. The van der Waals surface area contributed by atoms with E-state index in [-0.39, 0.29) is 23.8 Å². The van der Waals surface area contributed by atoms with E-state index < -0.39 is 38.5 Å². The predicted octanol–water partition coefficient (Wildman–Crippen LogP) is 4.57. The smallest absolute Gasteiger partial charge is 0.416 e. The number of amides is 1. The molecule has 1 fully saturated rings. The molecular formula is C18H24F3NO4S. The van der Waals surface area contributed by atoms with Crippen molar-refractivity contribution in [1.82, 2.24) is 4.90 Å². The molecule has 1 N–H and O–H groups in total. The minimum absolute atomic E-state index is 0.211. The fourth-order valence-corrected chi connectivity index (χ4v) is 5.48. The van der Waals surface area contributed by atoms with Gasteiger partial charge in [0.1, 0.15) is 0 Å². The van der Waals surface area contributed by atoms with Gasteiger partial charge in [-0.2, -0.15) is 13.2 Å². The van der Waals surface area contributed by atoms with Gasteiger partial charge in [-0.25, -0.2) is 13.2 Å². The lowest BCUT2D eigenvalue weighted by Gasteiger charge is -2.42. The summed E-state index contributed by atoms with van der Waals surface area (Å²) in [4.78, 5) is 12.6. The zero-order valence-electron chi connectivity index (χ0n) is 15.5. The summed E-state index contributed by atoms with van der Waals surface area (Å²) in [6.45, 7) is 5.31. The van der Waals surface area contributed by atoms with E-state index in [2.05, 4.69) is 0 Å². The van der Waals surface area contributed by atoms with Crippen LogP contribution in [0.15, 0.2) is 29.2 Å². The van der Waals surface area contributed by atoms with Crippen LogP contribution in [0, 0.1) is 0 Å². The van der Waals surface area contributed by atoms with Crippen LogP contribution in [-0.2, 0) is 16.0 Å². The largest absolute Gasteiger partial charge is 0.465 e. The number of halogens is 3. The highest BCUT2D eigenvalue weighted by atomic mass is 32.2. The highest BCUT2D eigenvalue weighted by Crippen LogP contribution is 2.35. The first-order valence-electron chi connectivity index (χ1n) is 8.68. The lowest BCUT2D eigenvalue weighted by molar-refractivity contribution is -0.137. The van der Waals surface area contributed by atoms with Gasteiger partial charge in [-0.3, -0.25) is 0 Å². The van der Waals surface area contributed by atoms with Crippen molar-refractivity contribution in [3.63, 3.8) is 0 Å². The summed E-state index contributed by atoms with van der Waals surface area (Å²) in [6.07, 6.45) is -4.55. The Balaban J connectivity index is 2.19. The van der Waals surface area contributed by atoms with Crippen LogP contribution in [-0.4, -0.2) is 41.3 Å². The van der Waals surface area contributed by atoms with Crippen LogP contribution in [0.2, 0.25) is 0 Å². The van der Waals surface area contributed by atoms with Crippen LogP contribution >= 0.6 is 0 Å². The average molecular weight is 407 g/mol. The van der Waals surface area contributed by atoms with Gasteiger partial charge in [-0.05, 0) is 64.7 Å². The molecule has 1 aromatic carbocycles. The number of carbonyl (C=O) groups is 1. The topological polar surface area (TPSA) is 74.7 Å². The van der Waals surface area contributed by atoms with Crippen molar-refractivity contribution in [1.29, 1.82) is 0 Å². The maximum atomic E-state index is 12.9. The van der Waals surface area contributed by atoms with E-state index in [1.165, 1.54) is 11.0 Å². The molecule has 1 saturated carbocycles. The third-order valence-corrected chi connectivity index (χ3v) is 7.13. The van der Waals surface area contributed by atoms with Crippen LogP contribution < -0.4 is 0 Å². The summed E-state index contributed by atoms with van der Waals surface area (Å²) < 4.78 is 64.2. The summed E-state index contributed by atoms with van der Waals surface area (Å²) >= 11 is 0. The molecule has 1 aliphatic carbocycles.